The quantitative estimate of drug-likeness (QED) is 0.706. The zero-order chi connectivity index (χ0) is 10.0. The molecule has 3 heteroatoms. The molecule has 76 valence electrons. The molecule has 1 rings (SSSR count). The van der Waals surface area contributed by atoms with E-state index in [0.29, 0.717) is 24.4 Å². The SMILES string of the molecule is CC(=O)N1CCC1C(CN)C(C)C. The number of nitrogens with two attached hydrogens (primary N) is 1. The lowest BCUT2D eigenvalue weighted by atomic mass is 9.81. The maximum Gasteiger partial charge on any atom is 0.219 e. The molecule has 2 unspecified atom stereocenters. The molecule has 0 bridgehead atoms. The molecule has 0 aromatic heterocycles. The second kappa shape index (κ2) is 4.09. The highest BCUT2D eigenvalue weighted by atomic mass is 16.2. The second-order valence-corrected chi connectivity index (χ2v) is 4.21. The maximum atomic E-state index is 11.2. The zero-order valence-electron chi connectivity index (χ0n) is 8.79. The van der Waals surface area contributed by atoms with E-state index in [0.717, 1.165) is 13.0 Å². The van der Waals surface area contributed by atoms with Crippen LogP contribution in [0.5, 0.6) is 0 Å². The van der Waals surface area contributed by atoms with E-state index in [1.807, 2.05) is 4.90 Å². The van der Waals surface area contributed by atoms with Gasteiger partial charge in [-0.2, -0.15) is 0 Å². The fourth-order valence-electron chi connectivity index (χ4n) is 2.12. The average Bonchev–Trinajstić information content (AvgIpc) is 1.95. The van der Waals surface area contributed by atoms with E-state index in [1.165, 1.54) is 0 Å². The minimum atomic E-state index is 0.190. The highest BCUT2D eigenvalue weighted by molar-refractivity contribution is 5.74. The van der Waals surface area contributed by atoms with Crippen LogP contribution in [0.3, 0.4) is 0 Å². The highest BCUT2D eigenvalue weighted by Gasteiger charge is 2.36. The summed E-state index contributed by atoms with van der Waals surface area (Å²) < 4.78 is 0. The van der Waals surface area contributed by atoms with Crippen molar-refractivity contribution in [2.24, 2.45) is 17.6 Å². The molecule has 1 amide bonds. The Morgan fingerprint density at radius 1 is 1.62 bits per heavy atom. The monoisotopic (exact) mass is 184 g/mol. The van der Waals surface area contributed by atoms with Crippen molar-refractivity contribution in [3.63, 3.8) is 0 Å². The molecule has 3 nitrogen and oxygen atoms in total. The van der Waals surface area contributed by atoms with Gasteiger partial charge in [-0.25, -0.2) is 0 Å². The Hall–Kier alpha value is -0.570. The number of carbonyl (C=O) groups is 1. The maximum absolute atomic E-state index is 11.2. The van der Waals surface area contributed by atoms with Crippen LogP contribution in [-0.4, -0.2) is 29.9 Å². The first-order chi connectivity index (χ1) is 6.07. The van der Waals surface area contributed by atoms with Crippen LogP contribution < -0.4 is 5.73 Å². The molecular weight excluding hydrogens is 164 g/mol. The van der Waals surface area contributed by atoms with Crippen molar-refractivity contribution in [1.29, 1.82) is 0 Å². The lowest BCUT2D eigenvalue weighted by Crippen LogP contribution is -2.56. The van der Waals surface area contributed by atoms with Gasteiger partial charge in [0.1, 0.15) is 0 Å². The lowest BCUT2D eigenvalue weighted by molar-refractivity contribution is -0.139. The van der Waals surface area contributed by atoms with Gasteiger partial charge in [-0.15, -0.1) is 0 Å². The predicted molar refractivity (Wildman–Crippen MR) is 53.2 cm³/mol. The Morgan fingerprint density at radius 3 is 2.46 bits per heavy atom. The van der Waals surface area contributed by atoms with E-state index < -0.39 is 0 Å². The van der Waals surface area contributed by atoms with E-state index in [2.05, 4.69) is 13.8 Å². The average molecular weight is 184 g/mol. The molecule has 1 fully saturated rings. The fraction of sp³-hybridized carbons (Fsp3) is 0.900. The molecule has 13 heavy (non-hydrogen) atoms. The van der Waals surface area contributed by atoms with Gasteiger partial charge in [-0.3, -0.25) is 4.79 Å². The van der Waals surface area contributed by atoms with Crippen molar-refractivity contribution in [1.82, 2.24) is 4.90 Å². The third kappa shape index (κ3) is 2.02. The molecule has 1 aliphatic heterocycles. The summed E-state index contributed by atoms with van der Waals surface area (Å²) in [6.07, 6.45) is 1.12. The number of likely N-dealkylation sites (tertiary alicyclic amines) is 1. The van der Waals surface area contributed by atoms with Crippen LogP contribution in [0.25, 0.3) is 0 Å². The van der Waals surface area contributed by atoms with Crippen LogP contribution in [0.4, 0.5) is 0 Å². The summed E-state index contributed by atoms with van der Waals surface area (Å²) in [6.45, 7) is 7.59. The third-order valence-electron chi connectivity index (χ3n) is 3.09. The number of carbonyl (C=O) groups excluding carboxylic acids is 1. The van der Waals surface area contributed by atoms with E-state index in [9.17, 15) is 4.79 Å². The van der Waals surface area contributed by atoms with Crippen LogP contribution in [0.1, 0.15) is 27.2 Å². The standard InChI is InChI=1S/C10H20N2O/c1-7(2)9(6-11)10-4-5-12(10)8(3)13/h7,9-10H,4-6,11H2,1-3H3. The molecular formula is C10H20N2O. The van der Waals surface area contributed by atoms with Crippen LogP contribution >= 0.6 is 0 Å². The molecule has 1 heterocycles. The Morgan fingerprint density at radius 2 is 2.23 bits per heavy atom. The van der Waals surface area contributed by atoms with E-state index in [1.54, 1.807) is 6.92 Å². The number of nitrogens with zero attached hydrogens (tertiary/aromatic N) is 1. The highest BCUT2D eigenvalue weighted by Crippen LogP contribution is 2.28. The van der Waals surface area contributed by atoms with Crippen LogP contribution in [0, 0.1) is 11.8 Å². The number of hydrogen-bond donors (Lipinski definition) is 1. The van der Waals surface area contributed by atoms with E-state index in [4.69, 9.17) is 5.73 Å². The van der Waals surface area contributed by atoms with Gasteiger partial charge in [-0.1, -0.05) is 13.8 Å². The van der Waals surface area contributed by atoms with Gasteiger partial charge in [0, 0.05) is 19.5 Å². The number of amides is 1. The topological polar surface area (TPSA) is 46.3 Å². The summed E-state index contributed by atoms with van der Waals surface area (Å²) in [5.41, 5.74) is 5.71. The third-order valence-corrected chi connectivity index (χ3v) is 3.09. The fourth-order valence-corrected chi connectivity index (χ4v) is 2.12. The molecule has 0 spiro atoms. The molecule has 0 aliphatic carbocycles. The lowest BCUT2D eigenvalue weighted by Gasteiger charge is -2.46. The van der Waals surface area contributed by atoms with Crippen molar-refractivity contribution in [2.75, 3.05) is 13.1 Å². The number of hydrogen-bond acceptors (Lipinski definition) is 2. The number of rotatable bonds is 3. The largest absolute Gasteiger partial charge is 0.339 e. The molecule has 2 atom stereocenters. The van der Waals surface area contributed by atoms with Crippen molar-refractivity contribution in [3.8, 4) is 0 Å². The zero-order valence-corrected chi connectivity index (χ0v) is 8.79. The second-order valence-electron chi connectivity index (χ2n) is 4.21. The summed E-state index contributed by atoms with van der Waals surface area (Å²) in [5, 5.41) is 0. The van der Waals surface area contributed by atoms with Crippen molar-refractivity contribution in [3.05, 3.63) is 0 Å². The van der Waals surface area contributed by atoms with Crippen molar-refractivity contribution >= 4 is 5.91 Å². The first-order valence-corrected chi connectivity index (χ1v) is 5.05. The summed E-state index contributed by atoms with van der Waals surface area (Å²) in [5.74, 6) is 1.23. The Kier molecular flexibility index (Phi) is 3.31. The molecule has 1 aliphatic rings. The Bertz CT molecular complexity index is 191. The minimum absolute atomic E-state index is 0.190. The Labute approximate surface area is 80.3 Å². The van der Waals surface area contributed by atoms with Crippen molar-refractivity contribution < 1.29 is 4.79 Å². The minimum Gasteiger partial charge on any atom is -0.339 e. The molecule has 0 saturated carbocycles. The van der Waals surface area contributed by atoms with Crippen LogP contribution in [-0.2, 0) is 4.79 Å². The molecule has 2 N–H and O–H groups in total. The first-order valence-electron chi connectivity index (χ1n) is 5.05. The van der Waals surface area contributed by atoms with Gasteiger partial charge in [0.05, 0.1) is 0 Å². The van der Waals surface area contributed by atoms with Gasteiger partial charge in [0.2, 0.25) is 5.91 Å². The van der Waals surface area contributed by atoms with Gasteiger partial charge in [-0.05, 0) is 24.8 Å². The van der Waals surface area contributed by atoms with Crippen LogP contribution in [0.15, 0.2) is 0 Å². The van der Waals surface area contributed by atoms with Gasteiger partial charge in [0.15, 0.2) is 0 Å². The first kappa shape index (κ1) is 10.5. The summed E-state index contributed by atoms with van der Waals surface area (Å²) >= 11 is 0. The predicted octanol–water partition coefficient (Wildman–Crippen LogP) is 0.838. The van der Waals surface area contributed by atoms with E-state index >= 15 is 0 Å². The summed E-state index contributed by atoms with van der Waals surface area (Å²) in [7, 11) is 0. The summed E-state index contributed by atoms with van der Waals surface area (Å²) in [6, 6.07) is 0.405. The molecule has 1 saturated heterocycles. The molecule has 0 aromatic rings. The normalized spacial score (nSPS) is 24.4. The molecule has 0 aromatic carbocycles. The van der Waals surface area contributed by atoms with E-state index in [-0.39, 0.29) is 5.91 Å². The Balaban J connectivity index is 2.55. The summed E-state index contributed by atoms with van der Waals surface area (Å²) in [4.78, 5) is 13.1. The molecule has 0 radical (unpaired) electrons. The van der Waals surface area contributed by atoms with Gasteiger partial charge < -0.3 is 10.6 Å². The van der Waals surface area contributed by atoms with Crippen molar-refractivity contribution in [2.45, 2.75) is 33.2 Å². The van der Waals surface area contributed by atoms with Gasteiger partial charge in [0.25, 0.3) is 0 Å². The van der Waals surface area contributed by atoms with Gasteiger partial charge >= 0.3 is 0 Å². The van der Waals surface area contributed by atoms with Crippen LogP contribution in [0.2, 0.25) is 0 Å². The smallest absolute Gasteiger partial charge is 0.219 e.